The van der Waals surface area contributed by atoms with E-state index in [0.717, 1.165) is 21.7 Å². The highest BCUT2D eigenvalue weighted by molar-refractivity contribution is 7.92. The zero-order valence-corrected chi connectivity index (χ0v) is 17.8. The van der Waals surface area contributed by atoms with Gasteiger partial charge < -0.3 is 14.8 Å². The molecule has 0 spiro atoms. The Morgan fingerprint density at radius 3 is 2.07 bits per heavy atom. The molecule has 0 aliphatic heterocycles. The average Bonchev–Trinajstić information content (AvgIpc) is 2.59. The molecule has 0 fully saturated rings. The van der Waals surface area contributed by atoms with Crippen LogP contribution >= 0.6 is 0 Å². The second-order valence-corrected chi connectivity index (χ2v) is 8.50. The average molecular weight is 407 g/mol. The number of sulfonamides is 1. The lowest BCUT2D eigenvalue weighted by Gasteiger charge is -2.28. The number of nitrogens with one attached hydrogen (secondary N) is 1. The Bertz CT molecular complexity index is 952. The van der Waals surface area contributed by atoms with Gasteiger partial charge in [-0.15, -0.1) is 0 Å². The second kappa shape index (κ2) is 8.52. The summed E-state index contributed by atoms with van der Waals surface area (Å²) in [7, 11) is -0.786. The molecular formula is C20H26N2O5S. The van der Waals surface area contributed by atoms with Crippen LogP contribution in [0.25, 0.3) is 0 Å². The van der Waals surface area contributed by atoms with E-state index in [-0.39, 0.29) is 0 Å². The molecular weight excluding hydrogens is 380 g/mol. The number of rotatable bonds is 7. The predicted octanol–water partition coefficient (Wildman–Crippen LogP) is 3.11. The van der Waals surface area contributed by atoms with E-state index in [1.54, 1.807) is 12.1 Å². The summed E-state index contributed by atoms with van der Waals surface area (Å²) in [4.78, 5) is 12.8. The summed E-state index contributed by atoms with van der Waals surface area (Å²) >= 11 is 0. The van der Waals surface area contributed by atoms with Gasteiger partial charge in [0.2, 0.25) is 15.9 Å². The summed E-state index contributed by atoms with van der Waals surface area (Å²) in [6.07, 6.45) is 1.06. The lowest BCUT2D eigenvalue weighted by Crippen LogP contribution is -2.45. The molecule has 1 amide bonds. The summed E-state index contributed by atoms with van der Waals surface area (Å²) in [5, 5.41) is 2.80. The Morgan fingerprint density at radius 2 is 1.57 bits per heavy atom. The van der Waals surface area contributed by atoms with Crippen LogP contribution in [0.4, 0.5) is 11.4 Å². The molecule has 0 saturated heterocycles. The maximum absolute atomic E-state index is 12.8. The summed E-state index contributed by atoms with van der Waals surface area (Å²) in [6.45, 7) is 5.40. The molecule has 28 heavy (non-hydrogen) atoms. The summed E-state index contributed by atoms with van der Waals surface area (Å²) in [5.74, 6) is 0.396. The van der Waals surface area contributed by atoms with Crippen molar-refractivity contribution in [2.45, 2.75) is 26.8 Å². The topological polar surface area (TPSA) is 84.9 Å². The van der Waals surface area contributed by atoms with Crippen molar-refractivity contribution < 1.29 is 22.7 Å². The van der Waals surface area contributed by atoms with Crippen LogP contribution in [0.3, 0.4) is 0 Å². The van der Waals surface area contributed by atoms with Crippen LogP contribution in [0.15, 0.2) is 36.4 Å². The summed E-state index contributed by atoms with van der Waals surface area (Å²) in [5.41, 5.74) is 2.93. The summed E-state index contributed by atoms with van der Waals surface area (Å²) in [6, 6.07) is 9.38. The third-order valence-corrected chi connectivity index (χ3v) is 5.44. The second-order valence-electron chi connectivity index (χ2n) is 6.64. The van der Waals surface area contributed by atoms with Crippen LogP contribution < -0.4 is 19.1 Å². The molecule has 0 aromatic heterocycles. The van der Waals surface area contributed by atoms with E-state index in [1.807, 2.05) is 32.0 Å². The fourth-order valence-corrected chi connectivity index (χ4v) is 4.23. The molecule has 0 bridgehead atoms. The van der Waals surface area contributed by atoms with Gasteiger partial charge in [-0.3, -0.25) is 9.10 Å². The van der Waals surface area contributed by atoms with Crippen molar-refractivity contribution in [3.63, 3.8) is 0 Å². The highest BCUT2D eigenvalue weighted by Crippen LogP contribution is 2.33. The maximum Gasteiger partial charge on any atom is 0.247 e. The zero-order valence-electron chi connectivity index (χ0n) is 16.9. The van der Waals surface area contributed by atoms with Crippen LogP contribution in [0.1, 0.15) is 18.1 Å². The Balaban J connectivity index is 2.38. The first-order valence-corrected chi connectivity index (χ1v) is 10.5. The van der Waals surface area contributed by atoms with E-state index < -0.39 is 22.0 Å². The van der Waals surface area contributed by atoms with Gasteiger partial charge in [-0.05, 0) is 56.2 Å². The minimum atomic E-state index is -3.74. The number of ether oxygens (including phenoxy) is 2. The molecule has 0 heterocycles. The fraction of sp³-hybridized carbons (Fsp3) is 0.350. The lowest BCUT2D eigenvalue weighted by atomic mass is 10.1. The van der Waals surface area contributed by atoms with Gasteiger partial charge in [-0.25, -0.2) is 8.42 Å². The molecule has 1 unspecified atom stereocenters. The summed E-state index contributed by atoms with van der Waals surface area (Å²) < 4.78 is 36.4. The smallest absolute Gasteiger partial charge is 0.247 e. The zero-order chi connectivity index (χ0) is 21.1. The number of carbonyl (C=O) groups is 1. The quantitative estimate of drug-likeness (QED) is 0.764. The first kappa shape index (κ1) is 21.6. The monoisotopic (exact) mass is 406 g/mol. The van der Waals surface area contributed by atoms with E-state index in [9.17, 15) is 13.2 Å². The molecule has 1 N–H and O–H groups in total. The Labute approximate surface area is 166 Å². The number of nitrogens with zero attached hydrogens (tertiary/aromatic N) is 1. The van der Waals surface area contributed by atoms with Gasteiger partial charge in [0.1, 0.15) is 6.04 Å². The van der Waals surface area contributed by atoms with E-state index >= 15 is 0 Å². The molecule has 2 rings (SSSR count). The van der Waals surface area contributed by atoms with Gasteiger partial charge in [-0.1, -0.05) is 6.07 Å². The van der Waals surface area contributed by atoms with Gasteiger partial charge in [-0.2, -0.15) is 0 Å². The number of methoxy groups -OCH3 is 2. The van der Waals surface area contributed by atoms with Crippen molar-refractivity contribution >= 4 is 27.3 Å². The third-order valence-electron chi connectivity index (χ3n) is 4.20. The number of anilines is 2. The molecule has 2 aromatic rings. The van der Waals surface area contributed by atoms with Gasteiger partial charge in [0, 0.05) is 11.8 Å². The van der Waals surface area contributed by atoms with Crippen molar-refractivity contribution in [1.29, 1.82) is 0 Å². The van der Waals surface area contributed by atoms with E-state index in [2.05, 4.69) is 5.32 Å². The van der Waals surface area contributed by atoms with Crippen molar-refractivity contribution in [3.8, 4) is 11.5 Å². The van der Waals surface area contributed by atoms with Crippen LogP contribution in [-0.4, -0.2) is 40.8 Å². The van der Waals surface area contributed by atoms with Crippen LogP contribution in [0.2, 0.25) is 0 Å². The SMILES string of the molecule is COc1ccc(N(C(C)C(=O)Nc2cc(C)cc(C)c2)S(C)(=O)=O)cc1OC. The lowest BCUT2D eigenvalue weighted by molar-refractivity contribution is -0.116. The van der Waals surface area contributed by atoms with Crippen LogP contribution in [0.5, 0.6) is 11.5 Å². The molecule has 0 saturated carbocycles. The fourth-order valence-electron chi connectivity index (χ4n) is 3.06. The number of amides is 1. The maximum atomic E-state index is 12.8. The van der Waals surface area contributed by atoms with Gasteiger partial charge in [0.05, 0.1) is 26.2 Å². The van der Waals surface area contributed by atoms with E-state index in [1.165, 1.54) is 27.2 Å². The van der Waals surface area contributed by atoms with Gasteiger partial charge in [0.25, 0.3) is 0 Å². The van der Waals surface area contributed by atoms with Crippen LogP contribution in [0, 0.1) is 13.8 Å². The highest BCUT2D eigenvalue weighted by atomic mass is 32.2. The predicted molar refractivity (Wildman–Crippen MR) is 111 cm³/mol. The standard InChI is InChI=1S/C20H26N2O5S/c1-13-9-14(2)11-16(10-13)21-20(23)15(3)22(28(6,24)25)17-7-8-18(26-4)19(12-17)27-5/h7-12,15H,1-6H3,(H,21,23). The van der Waals surface area contributed by atoms with Gasteiger partial charge in [0.15, 0.2) is 11.5 Å². The molecule has 152 valence electrons. The molecule has 0 radical (unpaired) electrons. The van der Waals surface area contributed by atoms with Crippen molar-refractivity contribution in [1.82, 2.24) is 0 Å². The molecule has 7 nitrogen and oxygen atoms in total. The van der Waals surface area contributed by atoms with Crippen molar-refractivity contribution in [2.75, 3.05) is 30.1 Å². The van der Waals surface area contributed by atoms with Crippen molar-refractivity contribution in [2.24, 2.45) is 0 Å². The number of benzene rings is 2. The number of hydrogen-bond acceptors (Lipinski definition) is 5. The molecule has 2 aromatic carbocycles. The molecule has 0 aliphatic carbocycles. The molecule has 1 atom stereocenters. The van der Waals surface area contributed by atoms with E-state index in [0.29, 0.717) is 22.9 Å². The molecule has 0 aliphatic rings. The Morgan fingerprint density at radius 1 is 1.00 bits per heavy atom. The minimum absolute atomic E-state index is 0.309. The molecule has 8 heteroatoms. The Kier molecular flexibility index (Phi) is 6.56. The van der Waals surface area contributed by atoms with E-state index in [4.69, 9.17) is 9.47 Å². The number of hydrogen-bond donors (Lipinski definition) is 1. The first-order valence-electron chi connectivity index (χ1n) is 8.67. The third kappa shape index (κ3) is 4.95. The van der Waals surface area contributed by atoms with Crippen LogP contribution in [-0.2, 0) is 14.8 Å². The van der Waals surface area contributed by atoms with Gasteiger partial charge >= 0.3 is 0 Å². The Hall–Kier alpha value is -2.74. The normalized spacial score (nSPS) is 12.2. The largest absolute Gasteiger partial charge is 0.493 e. The highest BCUT2D eigenvalue weighted by Gasteiger charge is 2.30. The first-order chi connectivity index (χ1) is 13.1. The minimum Gasteiger partial charge on any atom is -0.493 e. The van der Waals surface area contributed by atoms with Crippen molar-refractivity contribution in [3.05, 3.63) is 47.5 Å². The number of aryl methyl sites for hydroxylation is 2. The number of carbonyl (C=O) groups excluding carboxylic acids is 1.